The molecular weight excluding hydrogens is 445 g/mol. The largest absolute Gasteiger partial charge is 0.482 e. The van der Waals surface area contributed by atoms with Gasteiger partial charge >= 0.3 is 0 Å². The molecule has 3 aromatic rings. The molecule has 0 saturated heterocycles. The summed E-state index contributed by atoms with van der Waals surface area (Å²) < 4.78 is 32.8. The number of anilines is 1. The molecule has 0 N–H and O–H groups in total. The molecule has 0 spiro atoms. The normalized spacial score (nSPS) is 11.2. The van der Waals surface area contributed by atoms with Gasteiger partial charge in [-0.15, -0.1) is 0 Å². The number of aryl methyl sites for hydroxylation is 2. The van der Waals surface area contributed by atoms with E-state index in [1.54, 1.807) is 42.5 Å². The van der Waals surface area contributed by atoms with Crippen LogP contribution in [-0.4, -0.2) is 20.9 Å². The molecule has 0 aliphatic heterocycles. The number of carbonyl (C=O) groups excluding carboxylic acids is 1. The Morgan fingerprint density at radius 1 is 0.900 bits per heavy atom. The van der Waals surface area contributed by atoms with Crippen molar-refractivity contribution in [1.82, 2.24) is 0 Å². The van der Waals surface area contributed by atoms with Crippen LogP contribution in [0.25, 0.3) is 0 Å². The number of benzene rings is 3. The van der Waals surface area contributed by atoms with Gasteiger partial charge in [0.1, 0.15) is 5.75 Å². The van der Waals surface area contributed by atoms with Crippen molar-refractivity contribution in [2.24, 2.45) is 0 Å². The highest BCUT2D eigenvalue weighted by molar-refractivity contribution is 7.93. The molecule has 0 heterocycles. The molecule has 0 saturated carbocycles. The Morgan fingerprint density at radius 3 is 2.07 bits per heavy atom. The quantitative estimate of drug-likeness (QED) is 0.489. The summed E-state index contributed by atoms with van der Waals surface area (Å²) in [6.07, 6.45) is 0. The van der Waals surface area contributed by atoms with Gasteiger partial charge in [-0.05, 0) is 50.2 Å². The van der Waals surface area contributed by atoms with Crippen LogP contribution in [0, 0.1) is 13.8 Å². The number of carbonyl (C=O) groups is 1. The van der Waals surface area contributed by atoms with E-state index in [0.717, 1.165) is 15.4 Å². The van der Waals surface area contributed by atoms with E-state index in [4.69, 9.17) is 27.9 Å². The highest BCUT2D eigenvalue weighted by Gasteiger charge is 2.31. The van der Waals surface area contributed by atoms with Gasteiger partial charge < -0.3 is 4.74 Å². The first-order valence-corrected chi connectivity index (χ1v) is 11.2. The first kappa shape index (κ1) is 22.2. The zero-order valence-electron chi connectivity index (χ0n) is 16.3. The van der Waals surface area contributed by atoms with Crippen molar-refractivity contribution in [3.8, 4) is 5.75 Å². The molecular formula is C22H19Cl2NO4S. The van der Waals surface area contributed by atoms with Crippen LogP contribution in [-0.2, 0) is 14.8 Å². The number of hydrogen-bond donors (Lipinski definition) is 0. The fraction of sp³-hybridized carbons (Fsp3) is 0.136. The Bertz CT molecular complexity index is 1160. The third-order valence-electron chi connectivity index (χ3n) is 4.30. The maximum absolute atomic E-state index is 13.3. The number of sulfonamides is 1. The van der Waals surface area contributed by atoms with E-state index in [9.17, 15) is 13.2 Å². The van der Waals surface area contributed by atoms with E-state index in [0.29, 0.717) is 5.02 Å². The number of hydrogen-bond acceptors (Lipinski definition) is 4. The van der Waals surface area contributed by atoms with Crippen LogP contribution in [0.4, 0.5) is 5.69 Å². The first-order chi connectivity index (χ1) is 14.2. The molecule has 0 radical (unpaired) electrons. The van der Waals surface area contributed by atoms with Gasteiger partial charge in [0.25, 0.3) is 15.9 Å². The monoisotopic (exact) mass is 463 g/mol. The third-order valence-corrected chi connectivity index (χ3v) is 6.61. The second-order valence-corrected chi connectivity index (χ2v) is 9.31. The van der Waals surface area contributed by atoms with Gasteiger partial charge in [-0.3, -0.25) is 4.79 Å². The van der Waals surface area contributed by atoms with Gasteiger partial charge in [0.05, 0.1) is 15.6 Å². The average molecular weight is 464 g/mol. The molecule has 3 rings (SSSR count). The van der Waals surface area contributed by atoms with Crippen LogP contribution in [0.3, 0.4) is 0 Å². The van der Waals surface area contributed by atoms with Crippen LogP contribution < -0.4 is 9.04 Å². The number of ether oxygens (including phenoxy) is 1. The fourth-order valence-electron chi connectivity index (χ4n) is 2.70. The van der Waals surface area contributed by atoms with Crippen molar-refractivity contribution >= 4 is 44.8 Å². The van der Waals surface area contributed by atoms with Crippen molar-refractivity contribution in [2.45, 2.75) is 18.7 Å². The van der Waals surface area contributed by atoms with Crippen molar-refractivity contribution in [3.63, 3.8) is 0 Å². The van der Waals surface area contributed by atoms with Crippen LogP contribution in [0.2, 0.25) is 10.0 Å². The Hall–Kier alpha value is -2.54. The number of rotatable bonds is 6. The average Bonchev–Trinajstić information content (AvgIpc) is 2.70. The van der Waals surface area contributed by atoms with Crippen LogP contribution in [0.1, 0.15) is 11.1 Å². The molecule has 1 amide bonds. The van der Waals surface area contributed by atoms with Gasteiger partial charge in [0, 0.05) is 11.1 Å². The molecule has 0 aliphatic rings. The molecule has 0 aliphatic carbocycles. The van der Waals surface area contributed by atoms with Gasteiger partial charge in [0.15, 0.2) is 6.61 Å². The molecule has 0 atom stereocenters. The van der Waals surface area contributed by atoms with Gasteiger partial charge in [0.2, 0.25) is 0 Å². The van der Waals surface area contributed by atoms with E-state index in [1.807, 2.05) is 13.8 Å². The van der Waals surface area contributed by atoms with Crippen molar-refractivity contribution in [2.75, 3.05) is 10.9 Å². The summed E-state index contributed by atoms with van der Waals surface area (Å²) in [5, 5.41) is 0.639. The standard InChI is InChI=1S/C22H19Cl2NO4S/c1-15-3-8-18(9-4-15)25(30(27,28)19-10-5-16(2)6-11-19)22(26)14-29-21-13-17(23)7-12-20(21)24/h3-13H,14H2,1-2H3. The maximum atomic E-state index is 13.3. The zero-order chi connectivity index (χ0) is 21.9. The summed E-state index contributed by atoms with van der Waals surface area (Å²) >= 11 is 12.0. The van der Waals surface area contributed by atoms with E-state index in [-0.39, 0.29) is 21.4 Å². The van der Waals surface area contributed by atoms with Gasteiger partial charge in [-0.2, -0.15) is 4.31 Å². The zero-order valence-corrected chi connectivity index (χ0v) is 18.6. The van der Waals surface area contributed by atoms with Crippen molar-refractivity contribution in [1.29, 1.82) is 0 Å². The highest BCUT2D eigenvalue weighted by Crippen LogP contribution is 2.29. The minimum absolute atomic E-state index is 0.00260. The Labute approximate surface area is 185 Å². The summed E-state index contributed by atoms with van der Waals surface area (Å²) in [6.45, 7) is 3.18. The van der Waals surface area contributed by atoms with Gasteiger partial charge in [-0.1, -0.05) is 58.6 Å². The van der Waals surface area contributed by atoms with E-state index >= 15 is 0 Å². The molecule has 0 aromatic heterocycles. The summed E-state index contributed by atoms with van der Waals surface area (Å²) in [6, 6.07) is 17.5. The topological polar surface area (TPSA) is 63.7 Å². The Balaban J connectivity index is 1.96. The van der Waals surface area contributed by atoms with E-state index < -0.39 is 22.5 Å². The SMILES string of the molecule is Cc1ccc(N(C(=O)COc2cc(Cl)ccc2Cl)S(=O)(=O)c2ccc(C)cc2)cc1. The lowest BCUT2D eigenvalue weighted by Crippen LogP contribution is -2.40. The second kappa shape index (κ2) is 9.08. The maximum Gasteiger partial charge on any atom is 0.278 e. The fourth-order valence-corrected chi connectivity index (χ4v) is 4.44. The summed E-state index contributed by atoms with van der Waals surface area (Å²) in [7, 11) is -4.16. The highest BCUT2D eigenvalue weighted by atomic mass is 35.5. The molecule has 156 valence electrons. The van der Waals surface area contributed by atoms with Crippen LogP contribution >= 0.6 is 23.2 Å². The van der Waals surface area contributed by atoms with E-state index in [1.165, 1.54) is 24.3 Å². The Morgan fingerprint density at radius 2 is 1.47 bits per heavy atom. The summed E-state index contributed by atoms with van der Waals surface area (Å²) in [4.78, 5) is 13.0. The van der Waals surface area contributed by atoms with Crippen LogP contribution in [0.15, 0.2) is 71.6 Å². The summed E-state index contributed by atoms with van der Waals surface area (Å²) in [5.41, 5.74) is 2.05. The van der Waals surface area contributed by atoms with Crippen molar-refractivity contribution in [3.05, 3.63) is 87.9 Å². The summed E-state index contributed by atoms with van der Waals surface area (Å²) in [5.74, 6) is -0.579. The molecule has 8 heteroatoms. The molecule has 0 bridgehead atoms. The molecule has 5 nitrogen and oxygen atoms in total. The van der Waals surface area contributed by atoms with Gasteiger partial charge in [-0.25, -0.2) is 8.42 Å². The Kier molecular flexibility index (Phi) is 6.71. The molecule has 0 unspecified atom stereocenters. The minimum Gasteiger partial charge on any atom is -0.482 e. The molecule has 3 aromatic carbocycles. The minimum atomic E-state index is -4.16. The lowest BCUT2D eigenvalue weighted by Gasteiger charge is -2.23. The number of halogens is 2. The first-order valence-electron chi connectivity index (χ1n) is 8.98. The predicted molar refractivity (Wildman–Crippen MR) is 119 cm³/mol. The third kappa shape index (κ3) is 4.95. The molecule has 0 fully saturated rings. The van der Waals surface area contributed by atoms with E-state index in [2.05, 4.69) is 0 Å². The predicted octanol–water partition coefficient (Wildman–Crippen LogP) is 5.41. The lowest BCUT2D eigenvalue weighted by molar-refractivity contribution is -0.119. The van der Waals surface area contributed by atoms with Crippen LogP contribution in [0.5, 0.6) is 5.75 Å². The lowest BCUT2D eigenvalue weighted by atomic mass is 10.2. The van der Waals surface area contributed by atoms with Crippen molar-refractivity contribution < 1.29 is 17.9 Å². The second-order valence-electron chi connectivity index (χ2n) is 6.68. The number of amides is 1. The molecule has 30 heavy (non-hydrogen) atoms. The smallest absolute Gasteiger partial charge is 0.278 e. The number of nitrogens with zero attached hydrogens (tertiary/aromatic N) is 1.